The van der Waals surface area contributed by atoms with Crippen LogP contribution in [-0.4, -0.2) is 44.4 Å². The van der Waals surface area contributed by atoms with Gasteiger partial charge in [0.25, 0.3) is 10.0 Å². The van der Waals surface area contributed by atoms with Crippen LogP contribution >= 0.6 is 23.2 Å². The van der Waals surface area contributed by atoms with Crippen LogP contribution in [0.5, 0.6) is 0 Å². The van der Waals surface area contributed by atoms with E-state index in [9.17, 15) is 13.5 Å². The minimum atomic E-state index is -4.41. The highest BCUT2D eigenvalue weighted by Gasteiger charge is 2.44. The molecular weight excluding hydrogens is 719 g/mol. The number of anilines is 3. The Bertz CT molecular complexity index is 2440. The van der Waals surface area contributed by atoms with Crippen LogP contribution in [0.25, 0.3) is 27.8 Å². The highest BCUT2D eigenvalue weighted by atomic mass is 35.5. The van der Waals surface area contributed by atoms with Crippen LogP contribution < -0.4 is 10.0 Å². The summed E-state index contributed by atoms with van der Waals surface area (Å²) < 4.78 is 61.0. The lowest BCUT2D eigenvalue weighted by molar-refractivity contribution is 0.0192. The molecule has 3 heterocycles. The van der Waals surface area contributed by atoms with Gasteiger partial charge in [-0.05, 0) is 97.9 Å². The molecule has 0 saturated heterocycles. The number of fused-ring (bicyclic) bond motifs is 2. The minimum absolute atomic E-state index is 0.00434. The number of aromatic nitrogens is 5. The Kier molecular flexibility index (Phi) is 8.56. The van der Waals surface area contributed by atoms with Crippen LogP contribution in [0.3, 0.4) is 0 Å². The van der Waals surface area contributed by atoms with E-state index in [1.54, 1.807) is 16.8 Å². The number of hydrogen-bond donors (Lipinski definition) is 3. The summed E-state index contributed by atoms with van der Waals surface area (Å²) >= 11 is 12.1. The average molecular weight is 751 g/mol. The molecule has 1 spiro atoms. The van der Waals surface area contributed by atoms with Crippen LogP contribution in [0.15, 0.2) is 78.1 Å². The number of sulfonamides is 1. The van der Waals surface area contributed by atoms with Gasteiger partial charge in [-0.15, -0.1) is 0 Å². The van der Waals surface area contributed by atoms with Crippen molar-refractivity contribution >= 4 is 72.4 Å². The monoisotopic (exact) mass is 749 g/mol. The predicted molar refractivity (Wildman–Crippen MR) is 192 cm³/mol. The molecule has 0 bridgehead atoms. The molecule has 2 aliphatic rings. The number of nitrogens with zero attached hydrogens (tertiary/aromatic N) is 5. The van der Waals surface area contributed by atoms with E-state index < -0.39 is 33.0 Å². The van der Waals surface area contributed by atoms with Gasteiger partial charge >= 0.3 is 0 Å². The third-order valence-corrected chi connectivity index (χ3v) is 12.7. The zero-order valence-electron chi connectivity index (χ0n) is 27.0. The Labute approximate surface area is 301 Å². The van der Waals surface area contributed by atoms with Gasteiger partial charge in [0.1, 0.15) is 28.2 Å². The summed E-state index contributed by atoms with van der Waals surface area (Å²) in [7, 11) is -4.41. The molecule has 262 valence electrons. The number of benzene rings is 3. The van der Waals surface area contributed by atoms with E-state index in [1.807, 2.05) is 18.3 Å². The molecule has 3 aromatic carbocycles. The second kappa shape index (κ2) is 13.0. The fraction of sp³-hybridized carbons (Fsp3) is 0.278. The first-order valence-electron chi connectivity index (χ1n) is 16.5. The summed E-state index contributed by atoms with van der Waals surface area (Å²) in [6.07, 6.45) is 9.97. The molecule has 3 aromatic heterocycles. The van der Waals surface area contributed by atoms with E-state index >= 15 is 8.78 Å². The molecule has 1 atom stereocenters. The summed E-state index contributed by atoms with van der Waals surface area (Å²) in [6.45, 7) is 0. The number of aliphatic hydroxyl groups is 1. The largest absolute Gasteiger partial charge is 0.393 e. The SMILES string of the molecule is O=S(=O)(Nc1ccc(F)c(Nc2ncnc3ccc(-n4ncc5c(C6CCC7(CCCC7O)CC6)cccc54)nc23)c1F)c1cccc(Cl)c1Cl. The fourth-order valence-corrected chi connectivity index (χ4v) is 9.54. The number of rotatable bonds is 7. The van der Waals surface area contributed by atoms with Gasteiger partial charge in [0.15, 0.2) is 17.5 Å². The van der Waals surface area contributed by atoms with E-state index in [4.69, 9.17) is 28.2 Å². The van der Waals surface area contributed by atoms with E-state index in [2.05, 4.69) is 31.2 Å². The van der Waals surface area contributed by atoms with Gasteiger partial charge in [-0.1, -0.05) is 47.8 Å². The van der Waals surface area contributed by atoms with Gasteiger partial charge < -0.3 is 10.4 Å². The molecule has 2 saturated carbocycles. The molecule has 15 heteroatoms. The topological polar surface area (TPSA) is 135 Å². The van der Waals surface area contributed by atoms with Gasteiger partial charge in [0, 0.05) is 5.39 Å². The normalized spacial score (nSPS) is 20.7. The molecular formula is C36H31Cl2F2N7O3S. The van der Waals surface area contributed by atoms with Gasteiger partial charge in [-0.2, -0.15) is 5.10 Å². The first-order valence-corrected chi connectivity index (χ1v) is 18.8. The lowest BCUT2D eigenvalue weighted by Crippen LogP contribution is -2.33. The van der Waals surface area contributed by atoms with E-state index in [-0.39, 0.29) is 37.8 Å². The zero-order valence-corrected chi connectivity index (χ0v) is 29.3. The smallest absolute Gasteiger partial charge is 0.263 e. The molecule has 6 aromatic rings. The standard InChI is InChI=1S/C36H31Cl2F2N7O3S/c37-23-5-2-7-28(31(23)38)51(49,50)46-25-10-9-24(39)33(32(25)40)45-35-34-26(41-19-42-35)11-12-30(44-34)47-27-6-1-4-21(22(27)18-43-47)20-13-16-36(17-14-20)15-3-8-29(36)48/h1-2,4-7,9-12,18-20,29,46,48H,3,8,13-17H2,(H,41,42,45). The highest BCUT2D eigenvalue weighted by Crippen LogP contribution is 2.53. The molecule has 1 unspecified atom stereocenters. The maximum Gasteiger partial charge on any atom is 0.263 e. The number of nitrogens with one attached hydrogen (secondary N) is 2. The molecule has 3 N–H and O–H groups in total. The van der Waals surface area contributed by atoms with Gasteiger partial charge in [-0.25, -0.2) is 36.8 Å². The van der Waals surface area contributed by atoms with Crippen molar-refractivity contribution in [3.63, 3.8) is 0 Å². The molecule has 51 heavy (non-hydrogen) atoms. The van der Waals surface area contributed by atoms with Crippen LogP contribution in [0.4, 0.5) is 26.0 Å². The average Bonchev–Trinajstić information content (AvgIpc) is 3.72. The number of halogens is 4. The second-order valence-electron chi connectivity index (χ2n) is 13.2. The van der Waals surface area contributed by atoms with Crippen molar-refractivity contribution in [2.75, 3.05) is 10.0 Å². The molecule has 8 rings (SSSR count). The van der Waals surface area contributed by atoms with Crippen LogP contribution in [0.2, 0.25) is 10.0 Å². The number of aliphatic hydroxyl groups excluding tert-OH is 1. The Hall–Kier alpha value is -4.43. The quantitative estimate of drug-likeness (QED) is 0.148. The molecule has 2 aliphatic carbocycles. The van der Waals surface area contributed by atoms with Gasteiger partial charge in [0.2, 0.25) is 0 Å². The Morgan fingerprint density at radius 1 is 0.941 bits per heavy atom. The van der Waals surface area contributed by atoms with Crippen LogP contribution in [0.1, 0.15) is 56.4 Å². The molecule has 0 amide bonds. The van der Waals surface area contributed by atoms with Crippen molar-refractivity contribution in [3.8, 4) is 5.82 Å². The van der Waals surface area contributed by atoms with Crippen LogP contribution in [-0.2, 0) is 10.0 Å². The summed E-state index contributed by atoms with van der Waals surface area (Å²) in [5.74, 6) is -1.45. The van der Waals surface area contributed by atoms with Crippen molar-refractivity contribution in [1.82, 2.24) is 24.7 Å². The van der Waals surface area contributed by atoms with Crippen molar-refractivity contribution < 1.29 is 22.3 Å². The van der Waals surface area contributed by atoms with Crippen molar-refractivity contribution in [2.24, 2.45) is 5.41 Å². The molecule has 10 nitrogen and oxygen atoms in total. The molecule has 0 aliphatic heterocycles. The molecule has 2 fully saturated rings. The first kappa shape index (κ1) is 33.7. The van der Waals surface area contributed by atoms with E-state index in [1.165, 1.54) is 30.1 Å². The first-order chi connectivity index (χ1) is 24.5. The van der Waals surface area contributed by atoms with E-state index in [0.29, 0.717) is 17.3 Å². The Morgan fingerprint density at radius 2 is 1.75 bits per heavy atom. The van der Waals surface area contributed by atoms with Crippen LogP contribution in [0, 0.1) is 17.0 Å². The summed E-state index contributed by atoms with van der Waals surface area (Å²) in [5, 5.41) is 18.8. The summed E-state index contributed by atoms with van der Waals surface area (Å²) in [6, 6.07) is 15.5. The van der Waals surface area contributed by atoms with Crippen molar-refractivity contribution in [1.29, 1.82) is 0 Å². The lowest BCUT2D eigenvalue weighted by atomic mass is 9.67. The number of pyridine rings is 1. The maximum atomic E-state index is 15.8. The Morgan fingerprint density at radius 3 is 2.53 bits per heavy atom. The minimum Gasteiger partial charge on any atom is -0.393 e. The number of hydrogen-bond acceptors (Lipinski definition) is 8. The maximum absolute atomic E-state index is 15.8. The third kappa shape index (κ3) is 5.95. The van der Waals surface area contributed by atoms with Crippen molar-refractivity contribution in [2.45, 2.75) is 61.9 Å². The van der Waals surface area contributed by atoms with Gasteiger partial charge in [-0.3, -0.25) is 4.72 Å². The lowest BCUT2D eigenvalue weighted by Gasteiger charge is -2.40. The fourth-order valence-electron chi connectivity index (χ4n) is 7.71. The zero-order chi connectivity index (χ0) is 35.5. The predicted octanol–water partition coefficient (Wildman–Crippen LogP) is 8.68. The summed E-state index contributed by atoms with van der Waals surface area (Å²) in [4.78, 5) is 12.9. The summed E-state index contributed by atoms with van der Waals surface area (Å²) in [5.41, 5.74) is 1.53. The highest BCUT2D eigenvalue weighted by molar-refractivity contribution is 7.92. The van der Waals surface area contributed by atoms with E-state index in [0.717, 1.165) is 68.0 Å². The van der Waals surface area contributed by atoms with Crippen molar-refractivity contribution in [3.05, 3.63) is 100 Å². The van der Waals surface area contributed by atoms with Gasteiger partial charge in [0.05, 0.1) is 39.1 Å². The molecule has 0 radical (unpaired) electrons. The second-order valence-corrected chi connectivity index (χ2v) is 15.6. The third-order valence-electron chi connectivity index (χ3n) is 10.4. The Balaban J connectivity index is 1.10.